The molecule has 6 nitrogen and oxygen atoms in total. The molecular weight excluding hydrogens is 328 g/mol. The van der Waals surface area contributed by atoms with Gasteiger partial charge in [-0.1, -0.05) is 0 Å². The van der Waals surface area contributed by atoms with Crippen molar-refractivity contribution in [3.8, 4) is 0 Å². The molecule has 0 spiro atoms. The third-order valence-electron chi connectivity index (χ3n) is 3.83. The summed E-state index contributed by atoms with van der Waals surface area (Å²) in [6.45, 7) is 4.22. The number of urea groups is 1. The summed E-state index contributed by atoms with van der Waals surface area (Å²) in [4.78, 5) is 24.3. The van der Waals surface area contributed by atoms with Gasteiger partial charge < -0.3 is 20.1 Å². The first kappa shape index (κ1) is 16.7. The maximum atomic E-state index is 12.0. The number of amides is 2. The van der Waals surface area contributed by atoms with E-state index in [0.29, 0.717) is 36.2 Å². The Morgan fingerprint density at radius 2 is 2.25 bits per heavy atom. The lowest BCUT2D eigenvalue weighted by Gasteiger charge is -2.10. The van der Waals surface area contributed by atoms with E-state index in [1.54, 1.807) is 13.0 Å². The lowest BCUT2D eigenvalue weighted by atomic mass is 10.1. The van der Waals surface area contributed by atoms with Crippen molar-refractivity contribution in [3.05, 3.63) is 29.1 Å². The smallest absolute Gasteiger partial charge is 0.348 e. The van der Waals surface area contributed by atoms with E-state index in [2.05, 4.69) is 10.6 Å². The minimum Gasteiger partial charge on any atom is -0.462 e. The Morgan fingerprint density at radius 3 is 3.00 bits per heavy atom. The fraction of sp³-hybridized carbons (Fsp3) is 0.412. The topological polar surface area (TPSA) is 76.7 Å². The Hall–Kier alpha value is -2.12. The summed E-state index contributed by atoms with van der Waals surface area (Å²) >= 11 is 1.38. The van der Waals surface area contributed by atoms with Gasteiger partial charge in [0.2, 0.25) is 0 Å². The number of anilines is 1. The molecule has 1 unspecified atom stereocenters. The maximum absolute atomic E-state index is 12.0. The minimum absolute atomic E-state index is 0.234. The third kappa shape index (κ3) is 4.04. The highest BCUT2D eigenvalue weighted by atomic mass is 32.1. The predicted molar refractivity (Wildman–Crippen MR) is 93.7 cm³/mol. The second-order valence-corrected chi connectivity index (χ2v) is 6.73. The number of benzene rings is 1. The molecule has 1 saturated heterocycles. The largest absolute Gasteiger partial charge is 0.462 e. The summed E-state index contributed by atoms with van der Waals surface area (Å²) in [5, 5.41) is 6.59. The van der Waals surface area contributed by atoms with Crippen molar-refractivity contribution in [1.82, 2.24) is 5.32 Å². The number of esters is 1. The van der Waals surface area contributed by atoms with E-state index in [4.69, 9.17) is 9.47 Å². The first-order chi connectivity index (χ1) is 11.7. The Kier molecular flexibility index (Phi) is 5.32. The number of carbonyl (C=O) groups excluding carboxylic acids is 2. The van der Waals surface area contributed by atoms with Gasteiger partial charge in [0.1, 0.15) is 4.88 Å². The average molecular weight is 348 g/mol. The normalized spacial score (nSPS) is 17.0. The highest BCUT2D eigenvalue weighted by Gasteiger charge is 2.16. The van der Waals surface area contributed by atoms with Gasteiger partial charge in [-0.05, 0) is 43.0 Å². The first-order valence-corrected chi connectivity index (χ1v) is 8.80. The van der Waals surface area contributed by atoms with Gasteiger partial charge in [-0.25, -0.2) is 9.59 Å². The Balaban J connectivity index is 1.62. The van der Waals surface area contributed by atoms with Gasteiger partial charge in [0, 0.05) is 29.5 Å². The molecule has 1 aliphatic heterocycles. The van der Waals surface area contributed by atoms with Crippen LogP contribution in [0.3, 0.4) is 0 Å². The Morgan fingerprint density at radius 1 is 1.38 bits per heavy atom. The standard InChI is InChI=1S/C17H20N2O4S/c1-2-23-16(20)15-8-12-7-13(3-4-14(12)24-15)19-17(21)18-9-11-5-6-22-10-11/h3-4,7-8,11H,2,5-6,9-10H2,1H3,(H2,18,19,21). The van der Waals surface area contributed by atoms with E-state index in [9.17, 15) is 9.59 Å². The van der Waals surface area contributed by atoms with Crippen LogP contribution < -0.4 is 10.6 Å². The van der Waals surface area contributed by atoms with Crippen molar-refractivity contribution in [2.24, 2.45) is 5.92 Å². The number of hydrogen-bond donors (Lipinski definition) is 2. The van der Waals surface area contributed by atoms with Gasteiger partial charge in [-0.15, -0.1) is 11.3 Å². The van der Waals surface area contributed by atoms with Gasteiger partial charge in [0.05, 0.1) is 13.2 Å². The second kappa shape index (κ2) is 7.63. The van der Waals surface area contributed by atoms with Crippen LogP contribution in [0.25, 0.3) is 10.1 Å². The van der Waals surface area contributed by atoms with Gasteiger partial charge in [0.15, 0.2) is 0 Å². The summed E-state index contributed by atoms with van der Waals surface area (Å²) in [5.74, 6) is 0.0759. The fourth-order valence-corrected chi connectivity index (χ4v) is 3.52. The van der Waals surface area contributed by atoms with E-state index in [-0.39, 0.29) is 12.0 Å². The van der Waals surface area contributed by atoms with E-state index in [1.807, 2.05) is 18.2 Å². The van der Waals surface area contributed by atoms with E-state index >= 15 is 0 Å². The molecule has 3 rings (SSSR count). The van der Waals surface area contributed by atoms with Crippen LogP contribution in [0.4, 0.5) is 10.5 Å². The van der Waals surface area contributed by atoms with Crippen molar-refractivity contribution in [2.75, 3.05) is 31.7 Å². The molecule has 7 heteroatoms. The van der Waals surface area contributed by atoms with E-state index in [1.165, 1.54) is 11.3 Å². The summed E-state index contributed by atoms with van der Waals surface area (Å²) in [6.07, 6.45) is 0.984. The number of carbonyl (C=O) groups is 2. The molecule has 0 radical (unpaired) electrons. The molecule has 128 valence electrons. The Labute approximate surface area is 144 Å². The van der Waals surface area contributed by atoms with Crippen LogP contribution in [0, 0.1) is 5.92 Å². The average Bonchev–Trinajstić information content (AvgIpc) is 3.22. The summed E-state index contributed by atoms with van der Waals surface area (Å²) < 4.78 is 11.3. The van der Waals surface area contributed by atoms with Gasteiger partial charge >= 0.3 is 12.0 Å². The lowest BCUT2D eigenvalue weighted by Crippen LogP contribution is -2.33. The Bertz CT molecular complexity index is 737. The molecule has 24 heavy (non-hydrogen) atoms. The van der Waals surface area contributed by atoms with Crippen LogP contribution in [0.1, 0.15) is 23.0 Å². The van der Waals surface area contributed by atoms with E-state index in [0.717, 1.165) is 23.1 Å². The molecule has 0 aliphatic carbocycles. The van der Waals surface area contributed by atoms with Crippen LogP contribution >= 0.6 is 11.3 Å². The molecule has 2 amide bonds. The van der Waals surface area contributed by atoms with Gasteiger partial charge in [-0.2, -0.15) is 0 Å². The predicted octanol–water partition coefficient (Wildman–Crippen LogP) is 3.24. The minimum atomic E-state index is -0.315. The highest BCUT2D eigenvalue weighted by Crippen LogP contribution is 2.28. The van der Waals surface area contributed by atoms with Crippen LogP contribution in [-0.2, 0) is 9.47 Å². The molecule has 1 atom stereocenters. The molecule has 2 N–H and O–H groups in total. The van der Waals surface area contributed by atoms with Crippen molar-refractivity contribution in [1.29, 1.82) is 0 Å². The molecular formula is C17H20N2O4S. The molecule has 1 aliphatic rings. The SMILES string of the molecule is CCOC(=O)c1cc2cc(NC(=O)NCC3CCOC3)ccc2s1. The fourth-order valence-electron chi connectivity index (χ4n) is 2.58. The molecule has 1 aromatic carbocycles. The van der Waals surface area contributed by atoms with Crippen molar-refractivity contribution >= 4 is 39.1 Å². The monoisotopic (exact) mass is 348 g/mol. The van der Waals surface area contributed by atoms with Crippen molar-refractivity contribution in [2.45, 2.75) is 13.3 Å². The number of nitrogens with one attached hydrogen (secondary N) is 2. The number of ether oxygens (including phenoxy) is 2. The second-order valence-electron chi connectivity index (χ2n) is 5.65. The van der Waals surface area contributed by atoms with Crippen LogP contribution in [-0.4, -0.2) is 38.4 Å². The summed E-state index contributed by atoms with van der Waals surface area (Å²) in [5.41, 5.74) is 0.691. The molecule has 2 heterocycles. The number of thiophene rings is 1. The summed E-state index contributed by atoms with van der Waals surface area (Å²) in [6, 6.07) is 7.13. The van der Waals surface area contributed by atoms with Crippen LogP contribution in [0.15, 0.2) is 24.3 Å². The molecule has 0 bridgehead atoms. The molecule has 1 fully saturated rings. The molecule has 2 aromatic rings. The first-order valence-electron chi connectivity index (χ1n) is 7.99. The zero-order valence-electron chi connectivity index (χ0n) is 13.5. The zero-order valence-corrected chi connectivity index (χ0v) is 14.3. The maximum Gasteiger partial charge on any atom is 0.348 e. The highest BCUT2D eigenvalue weighted by molar-refractivity contribution is 7.20. The third-order valence-corrected chi connectivity index (χ3v) is 4.92. The van der Waals surface area contributed by atoms with Crippen molar-refractivity contribution in [3.63, 3.8) is 0 Å². The number of rotatable bonds is 5. The quantitative estimate of drug-likeness (QED) is 0.813. The van der Waals surface area contributed by atoms with Crippen molar-refractivity contribution < 1.29 is 19.1 Å². The zero-order chi connectivity index (χ0) is 16.9. The van der Waals surface area contributed by atoms with Crippen LogP contribution in [0.5, 0.6) is 0 Å². The summed E-state index contributed by atoms with van der Waals surface area (Å²) in [7, 11) is 0. The lowest BCUT2D eigenvalue weighted by molar-refractivity contribution is 0.0532. The molecule has 1 aromatic heterocycles. The number of fused-ring (bicyclic) bond motifs is 1. The molecule has 0 saturated carbocycles. The van der Waals surface area contributed by atoms with Gasteiger partial charge in [-0.3, -0.25) is 0 Å². The van der Waals surface area contributed by atoms with Gasteiger partial charge in [0.25, 0.3) is 0 Å². The van der Waals surface area contributed by atoms with Crippen LogP contribution in [0.2, 0.25) is 0 Å². The van der Waals surface area contributed by atoms with E-state index < -0.39 is 0 Å². The number of hydrogen-bond acceptors (Lipinski definition) is 5.